The minimum atomic E-state index is 0.856. The van der Waals surface area contributed by atoms with Crippen molar-refractivity contribution < 1.29 is 0 Å². The molecule has 114 valence electrons. The second-order valence-electron chi connectivity index (χ2n) is 6.43. The zero-order valence-corrected chi connectivity index (χ0v) is 13.4. The normalized spacial score (nSPS) is 16.2. The van der Waals surface area contributed by atoms with E-state index in [1.54, 1.807) is 0 Å². The SMILES string of the molecule is C(=C/C1CCCCC1)/CCc1ccc(-c2ccccc2)cc1. The molecule has 0 bridgehead atoms. The Morgan fingerprint density at radius 3 is 2.18 bits per heavy atom. The molecular weight excluding hydrogens is 264 g/mol. The molecule has 0 nitrogen and oxygen atoms in total. The summed E-state index contributed by atoms with van der Waals surface area (Å²) in [6.45, 7) is 0. The molecule has 3 rings (SSSR count). The van der Waals surface area contributed by atoms with Crippen molar-refractivity contribution in [2.75, 3.05) is 0 Å². The summed E-state index contributed by atoms with van der Waals surface area (Å²) < 4.78 is 0. The first kappa shape index (κ1) is 15.1. The molecular formula is C22H26. The molecule has 0 saturated heterocycles. The molecule has 0 heteroatoms. The third-order valence-electron chi connectivity index (χ3n) is 4.72. The molecule has 1 aliphatic rings. The lowest BCUT2D eigenvalue weighted by Gasteiger charge is -2.17. The van der Waals surface area contributed by atoms with Crippen molar-refractivity contribution in [3.63, 3.8) is 0 Å². The van der Waals surface area contributed by atoms with Crippen LogP contribution in [0.25, 0.3) is 11.1 Å². The molecule has 0 radical (unpaired) electrons. The first-order chi connectivity index (χ1) is 10.9. The van der Waals surface area contributed by atoms with Crippen LogP contribution in [0.5, 0.6) is 0 Å². The highest BCUT2D eigenvalue weighted by atomic mass is 14.1. The Bertz CT molecular complexity index is 571. The Morgan fingerprint density at radius 2 is 1.45 bits per heavy atom. The fraction of sp³-hybridized carbons (Fsp3) is 0.364. The van der Waals surface area contributed by atoms with Gasteiger partial charge in [-0.15, -0.1) is 0 Å². The lowest BCUT2D eigenvalue weighted by atomic mass is 9.89. The summed E-state index contributed by atoms with van der Waals surface area (Å²) in [4.78, 5) is 0. The van der Waals surface area contributed by atoms with E-state index in [0.29, 0.717) is 0 Å². The summed E-state index contributed by atoms with van der Waals surface area (Å²) in [5, 5.41) is 0. The van der Waals surface area contributed by atoms with Gasteiger partial charge in [0, 0.05) is 0 Å². The molecule has 0 heterocycles. The summed E-state index contributed by atoms with van der Waals surface area (Å²) in [6.07, 6.45) is 14.3. The van der Waals surface area contributed by atoms with Crippen LogP contribution in [0, 0.1) is 5.92 Å². The van der Waals surface area contributed by atoms with Gasteiger partial charge in [-0.2, -0.15) is 0 Å². The zero-order valence-electron chi connectivity index (χ0n) is 13.4. The van der Waals surface area contributed by atoms with Crippen LogP contribution >= 0.6 is 0 Å². The van der Waals surface area contributed by atoms with E-state index in [2.05, 4.69) is 66.7 Å². The van der Waals surface area contributed by atoms with Crippen molar-refractivity contribution in [1.29, 1.82) is 0 Å². The largest absolute Gasteiger partial charge is 0.0879 e. The number of rotatable bonds is 5. The van der Waals surface area contributed by atoms with Gasteiger partial charge in [-0.05, 0) is 48.3 Å². The van der Waals surface area contributed by atoms with Crippen LogP contribution in [0.4, 0.5) is 0 Å². The summed E-state index contributed by atoms with van der Waals surface area (Å²) >= 11 is 0. The van der Waals surface area contributed by atoms with Gasteiger partial charge in [0.05, 0.1) is 0 Å². The van der Waals surface area contributed by atoms with Crippen molar-refractivity contribution in [3.8, 4) is 11.1 Å². The van der Waals surface area contributed by atoms with Crippen molar-refractivity contribution in [2.24, 2.45) is 5.92 Å². The van der Waals surface area contributed by atoms with E-state index in [9.17, 15) is 0 Å². The lowest BCUT2D eigenvalue weighted by molar-refractivity contribution is 0.419. The Balaban J connectivity index is 1.50. The molecule has 2 aromatic rings. The van der Waals surface area contributed by atoms with Gasteiger partial charge in [0.2, 0.25) is 0 Å². The second-order valence-corrected chi connectivity index (χ2v) is 6.43. The molecule has 2 aromatic carbocycles. The first-order valence-electron chi connectivity index (χ1n) is 8.73. The molecule has 0 unspecified atom stereocenters. The van der Waals surface area contributed by atoms with Crippen molar-refractivity contribution in [3.05, 3.63) is 72.3 Å². The van der Waals surface area contributed by atoms with Gasteiger partial charge in [0.1, 0.15) is 0 Å². The van der Waals surface area contributed by atoms with Gasteiger partial charge >= 0.3 is 0 Å². The number of hydrogen-bond acceptors (Lipinski definition) is 0. The van der Waals surface area contributed by atoms with Crippen LogP contribution in [-0.2, 0) is 6.42 Å². The monoisotopic (exact) mass is 290 g/mol. The fourth-order valence-electron chi connectivity index (χ4n) is 3.36. The van der Waals surface area contributed by atoms with Gasteiger partial charge in [0.25, 0.3) is 0 Å². The molecule has 1 saturated carbocycles. The van der Waals surface area contributed by atoms with Crippen molar-refractivity contribution in [2.45, 2.75) is 44.9 Å². The standard InChI is InChI=1S/C22H26/c1-3-9-19(10-4-1)11-7-8-12-20-15-17-22(18-16-20)21-13-5-2-6-14-21/h2,5-7,11,13-19H,1,3-4,8-10,12H2/b11-7-. The maximum absolute atomic E-state index is 2.47. The highest BCUT2D eigenvalue weighted by Crippen LogP contribution is 2.25. The van der Waals surface area contributed by atoms with Crippen LogP contribution in [0.3, 0.4) is 0 Å². The number of benzene rings is 2. The van der Waals surface area contributed by atoms with E-state index >= 15 is 0 Å². The van der Waals surface area contributed by atoms with Crippen LogP contribution < -0.4 is 0 Å². The van der Waals surface area contributed by atoms with Gasteiger partial charge in [0.15, 0.2) is 0 Å². The predicted molar refractivity (Wildman–Crippen MR) is 95.9 cm³/mol. The quantitative estimate of drug-likeness (QED) is 0.557. The van der Waals surface area contributed by atoms with E-state index in [4.69, 9.17) is 0 Å². The third kappa shape index (κ3) is 4.34. The van der Waals surface area contributed by atoms with E-state index in [1.165, 1.54) is 55.2 Å². The van der Waals surface area contributed by atoms with Crippen LogP contribution in [0.15, 0.2) is 66.7 Å². The van der Waals surface area contributed by atoms with E-state index < -0.39 is 0 Å². The Kier molecular flexibility index (Phi) is 5.48. The first-order valence-corrected chi connectivity index (χ1v) is 8.73. The zero-order chi connectivity index (χ0) is 15.0. The van der Waals surface area contributed by atoms with E-state index in [0.717, 1.165) is 12.3 Å². The molecule has 0 N–H and O–H groups in total. The van der Waals surface area contributed by atoms with Gasteiger partial charge in [-0.1, -0.05) is 86.0 Å². The maximum Gasteiger partial charge on any atom is -0.0184 e. The number of hydrogen-bond donors (Lipinski definition) is 0. The van der Waals surface area contributed by atoms with Gasteiger partial charge < -0.3 is 0 Å². The molecule has 0 spiro atoms. The molecule has 1 fully saturated rings. The van der Waals surface area contributed by atoms with E-state index in [-0.39, 0.29) is 0 Å². The molecule has 0 aromatic heterocycles. The Labute approximate surface area is 134 Å². The minimum absolute atomic E-state index is 0.856. The number of aryl methyl sites for hydroxylation is 1. The smallest absolute Gasteiger partial charge is 0.0184 e. The Hall–Kier alpha value is -1.82. The predicted octanol–water partition coefficient (Wildman–Crippen LogP) is 6.42. The number of allylic oxidation sites excluding steroid dienone is 2. The van der Waals surface area contributed by atoms with Gasteiger partial charge in [-0.3, -0.25) is 0 Å². The molecule has 0 amide bonds. The van der Waals surface area contributed by atoms with Crippen LogP contribution in [0.1, 0.15) is 44.1 Å². The summed E-state index contributed by atoms with van der Waals surface area (Å²) in [5.41, 5.74) is 4.04. The van der Waals surface area contributed by atoms with Crippen LogP contribution in [0.2, 0.25) is 0 Å². The molecule has 0 aliphatic heterocycles. The molecule has 22 heavy (non-hydrogen) atoms. The van der Waals surface area contributed by atoms with Crippen molar-refractivity contribution >= 4 is 0 Å². The van der Waals surface area contributed by atoms with E-state index in [1.807, 2.05) is 0 Å². The Morgan fingerprint density at radius 1 is 0.773 bits per heavy atom. The highest BCUT2D eigenvalue weighted by Gasteiger charge is 2.09. The third-order valence-corrected chi connectivity index (χ3v) is 4.72. The fourth-order valence-corrected chi connectivity index (χ4v) is 3.36. The summed E-state index contributed by atoms with van der Waals surface area (Å²) in [7, 11) is 0. The lowest BCUT2D eigenvalue weighted by Crippen LogP contribution is -2.02. The van der Waals surface area contributed by atoms with Gasteiger partial charge in [-0.25, -0.2) is 0 Å². The summed E-state index contributed by atoms with van der Waals surface area (Å²) in [6, 6.07) is 19.6. The van der Waals surface area contributed by atoms with Crippen LogP contribution in [-0.4, -0.2) is 0 Å². The molecule has 1 aliphatic carbocycles. The maximum atomic E-state index is 2.47. The minimum Gasteiger partial charge on any atom is -0.0879 e. The molecule has 0 atom stereocenters. The highest BCUT2D eigenvalue weighted by molar-refractivity contribution is 5.63. The summed E-state index contributed by atoms with van der Waals surface area (Å²) in [5.74, 6) is 0.856. The van der Waals surface area contributed by atoms with Crippen molar-refractivity contribution in [1.82, 2.24) is 0 Å². The second kappa shape index (κ2) is 7.98. The average molecular weight is 290 g/mol. The topological polar surface area (TPSA) is 0 Å². The average Bonchev–Trinajstić information content (AvgIpc) is 2.61.